The molecule has 1 N–H and O–H groups in total. The molecule has 5 heteroatoms. The predicted molar refractivity (Wildman–Crippen MR) is 113 cm³/mol. The van der Waals surface area contributed by atoms with Crippen LogP contribution in [0.1, 0.15) is 30.6 Å². The predicted octanol–water partition coefficient (Wildman–Crippen LogP) is 5.92. The van der Waals surface area contributed by atoms with Crippen LogP contribution >= 0.6 is 0 Å². The van der Waals surface area contributed by atoms with E-state index >= 15 is 0 Å². The van der Waals surface area contributed by atoms with E-state index in [4.69, 9.17) is 9.47 Å². The Labute approximate surface area is 170 Å². The Morgan fingerprint density at radius 3 is 2.10 bits per heavy atom. The van der Waals surface area contributed by atoms with Gasteiger partial charge in [0, 0.05) is 5.69 Å². The SMILES string of the molecule is CCC(C)OC(=O)Nc1ccc(C(=O)Oc2ccc(-c3ccccc3)cc2)cc1. The molecule has 0 aromatic heterocycles. The van der Waals surface area contributed by atoms with Gasteiger partial charge in [-0.1, -0.05) is 49.4 Å². The molecule has 0 radical (unpaired) electrons. The molecule has 0 saturated heterocycles. The molecule has 0 heterocycles. The average molecular weight is 389 g/mol. The van der Waals surface area contributed by atoms with E-state index in [-0.39, 0.29) is 6.10 Å². The number of hydrogen-bond acceptors (Lipinski definition) is 4. The quantitative estimate of drug-likeness (QED) is 0.420. The van der Waals surface area contributed by atoms with Crippen LogP contribution in [0.4, 0.5) is 10.5 Å². The van der Waals surface area contributed by atoms with Crippen LogP contribution in [0.5, 0.6) is 5.75 Å². The third kappa shape index (κ3) is 5.69. The van der Waals surface area contributed by atoms with Crippen molar-refractivity contribution >= 4 is 17.7 Å². The first-order valence-corrected chi connectivity index (χ1v) is 9.50. The lowest BCUT2D eigenvalue weighted by Crippen LogP contribution is -2.19. The maximum absolute atomic E-state index is 12.4. The summed E-state index contributed by atoms with van der Waals surface area (Å²) in [5, 5.41) is 2.63. The Bertz CT molecular complexity index is 950. The highest BCUT2D eigenvalue weighted by Crippen LogP contribution is 2.23. The first kappa shape index (κ1) is 20.1. The number of nitrogens with one attached hydrogen (secondary N) is 1. The summed E-state index contributed by atoms with van der Waals surface area (Å²) in [4.78, 5) is 24.1. The van der Waals surface area contributed by atoms with E-state index in [1.165, 1.54) is 0 Å². The molecule has 0 spiro atoms. The molecule has 0 fully saturated rings. The molecule has 0 aliphatic heterocycles. The number of benzene rings is 3. The molecule has 0 aliphatic rings. The summed E-state index contributed by atoms with van der Waals surface area (Å²) in [6.45, 7) is 3.76. The maximum atomic E-state index is 12.4. The van der Waals surface area contributed by atoms with E-state index < -0.39 is 12.1 Å². The van der Waals surface area contributed by atoms with Gasteiger partial charge in [0.2, 0.25) is 0 Å². The van der Waals surface area contributed by atoms with Gasteiger partial charge in [0.25, 0.3) is 0 Å². The van der Waals surface area contributed by atoms with Gasteiger partial charge in [-0.05, 0) is 60.9 Å². The van der Waals surface area contributed by atoms with Crippen molar-refractivity contribution in [3.8, 4) is 16.9 Å². The number of anilines is 1. The summed E-state index contributed by atoms with van der Waals surface area (Å²) in [6.07, 6.45) is 0.0653. The summed E-state index contributed by atoms with van der Waals surface area (Å²) in [6, 6.07) is 23.8. The number of hydrogen-bond donors (Lipinski definition) is 1. The minimum absolute atomic E-state index is 0.155. The largest absolute Gasteiger partial charge is 0.446 e. The van der Waals surface area contributed by atoms with Gasteiger partial charge in [0.1, 0.15) is 11.9 Å². The van der Waals surface area contributed by atoms with Gasteiger partial charge in [-0.15, -0.1) is 0 Å². The van der Waals surface area contributed by atoms with Crippen LogP contribution in [0, 0.1) is 0 Å². The van der Waals surface area contributed by atoms with Crippen LogP contribution < -0.4 is 10.1 Å². The van der Waals surface area contributed by atoms with Gasteiger partial charge in [-0.25, -0.2) is 9.59 Å². The van der Waals surface area contributed by atoms with Crippen LogP contribution in [0.2, 0.25) is 0 Å². The van der Waals surface area contributed by atoms with E-state index in [9.17, 15) is 9.59 Å². The van der Waals surface area contributed by atoms with E-state index in [1.54, 1.807) is 36.4 Å². The zero-order chi connectivity index (χ0) is 20.6. The second-order valence-electron chi connectivity index (χ2n) is 6.61. The minimum atomic E-state index is -0.520. The van der Waals surface area contributed by atoms with Gasteiger partial charge in [-0.2, -0.15) is 0 Å². The van der Waals surface area contributed by atoms with E-state index in [0.29, 0.717) is 17.0 Å². The lowest BCUT2D eigenvalue weighted by atomic mass is 10.1. The summed E-state index contributed by atoms with van der Waals surface area (Å²) in [7, 11) is 0. The van der Waals surface area contributed by atoms with Crippen molar-refractivity contribution in [2.75, 3.05) is 5.32 Å². The normalized spacial score (nSPS) is 11.4. The molecule has 5 nitrogen and oxygen atoms in total. The van der Waals surface area contributed by atoms with Crippen LogP contribution in [0.15, 0.2) is 78.9 Å². The zero-order valence-corrected chi connectivity index (χ0v) is 16.4. The summed E-state index contributed by atoms with van der Waals surface area (Å²) in [5.41, 5.74) is 3.07. The summed E-state index contributed by atoms with van der Waals surface area (Å²) in [5.74, 6) is 0.000191. The van der Waals surface area contributed by atoms with Crippen molar-refractivity contribution in [2.45, 2.75) is 26.4 Å². The molecule has 148 valence electrons. The molecule has 3 aromatic carbocycles. The van der Waals surface area contributed by atoms with Crippen LogP contribution in [0.3, 0.4) is 0 Å². The lowest BCUT2D eigenvalue weighted by molar-refractivity contribution is 0.0734. The number of ether oxygens (including phenoxy) is 2. The molecule has 1 atom stereocenters. The molecule has 1 amide bonds. The number of esters is 1. The first-order chi connectivity index (χ1) is 14.0. The topological polar surface area (TPSA) is 64.6 Å². The van der Waals surface area contributed by atoms with Crippen molar-refractivity contribution < 1.29 is 19.1 Å². The fraction of sp³-hybridized carbons (Fsp3) is 0.167. The standard InChI is InChI=1S/C24H23NO4/c1-3-17(2)28-24(27)25-21-13-9-20(10-14-21)23(26)29-22-15-11-19(12-16-22)18-7-5-4-6-8-18/h4-17H,3H2,1-2H3,(H,25,27). The monoisotopic (exact) mass is 389 g/mol. The zero-order valence-electron chi connectivity index (χ0n) is 16.4. The Balaban J connectivity index is 1.58. The molecule has 0 bridgehead atoms. The van der Waals surface area contributed by atoms with Gasteiger partial charge in [-0.3, -0.25) is 5.32 Å². The Morgan fingerprint density at radius 1 is 0.862 bits per heavy atom. The van der Waals surface area contributed by atoms with E-state index in [1.807, 2.05) is 56.3 Å². The number of carbonyl (C=O) groups excluding carboxylic acids is 2. The molecular weight excluding hydrogens is 366 g/mol. The van der Waals surface area contributed by atoms with Crippen LogP contribution in [-0.4, -0.2) is 18.2 Å². The highest BCUT2D eigenvalue weighted by Gasteiger charge is 2.11. The molecule has 1 unspecified atom stereocenters. The first-order valence-electron chi connectivity index (χ1n) is 9.50. The summed E-state index contributed by atoms with van der Waals surface area (Å²) < 4.78 is 10.6. The van der Waals surface area contributed by atoms with Gasteiger partial charge in [0.05, 0.1) is 5.56 Å². The van der Waals surface area contributed by atoms with Gasteiger partial charge in [0.15, 0.2) is 0 Å². The highest BCUT2D eigenvalue weighted by molar-refractivity contribution is 5.92. The van der Waals surface area contributed by atoms with Crippen molar-refractivity contribution in [3.05, 3.63) is 84.4 Å². The number of amides is 1. The Hall–Kier alpha value is -3.60. The molecule has 0 saturated carbocycles. The van der Waals surface area contributed by atoms with Gasteiger partial charge >= 0.3 is 12.1 Å². The Morgan fingerprint density at radius 2 is 1.48 bits per heavy atom. The number of carbonyl (C=O) groups is 2. The van der Waals surface area contributed by atoms with Crippen molar-refractivity contribution in [2.24, 2.45) is 0 Å². The van der Waals surface area contributed by atoms with Crippen LogP contribution in [0.25, 0.3) is 11.1 Å². The molecule has 3 aromatic rings. The smallest absolute Gasteiger partial charge is 0.411 e. The minimum Gasteiger partial charge on any atom is -0.446 e. The third-order valence-electron chi connectivity index (χ3n) is 4.42. The third-order valence-corrected chi connectivity index (χ3v) is 4.42. The molecule has 3 rings (SSSR count). The highest BCUT2D eigenvalue weighted by atomic mass is 16.6. The molecular formula is C24H23NO4. The average Bonchev–Trinajstić information content (AvgIpc) is 2.75. The molecule has 0 aliphatic carbocycles. The van der Waals surface area contributed by atoms with Gasteiger partial charge < -0.3 is 9.47 Å². The van der Waals surface area contributed by atoms with Crippen molar-refractivity contribution in [1.82, 2.24) is 0 Å². The molecule has 29 heavy (non-hydrogen) atoms. The Kier molecular flexibility index (Phi) is 6.63. The second-order valence-corrected chi connectivity index (χ2v) is 6.61. The number of rotatable bonds is 6. The van der Waals surface area contributed by atoms with Crippen molar-refractivity contribution in [3.63, 3.8) is 0 Å². The maximum Gasteiger partial charge on any atom is 0.411 e. The fourth-order valence-corrected chi connectivity index (χ4v) is 2.62. The van der Waals surface area contributed by atoms with E-state index in [0.717, 1.165) is 17.5 Å². The second kappa shape index (κ2) is 9.55. The fourth-order valence-electron chi connectivity index (χ4n) is 2.62. The van der Waals surface area contributed by atoms with Crippen molar-refractivity contribution in [1.29, 1.82) is 0 Å². The van der Waals surface area contributed by atoms with E-state index in [2.05, 4.69) is 5.32 Å². The van der Waals surface area contributed by atoms with Crippen LogP contribution in [-0.2, 0) is 4.74 Å². The summed E-state index contributed by atoms with van der Waals surface area (Å²) >= 11 is 0. The lowest BCUT2D eigenvalue weighted by Gasteiger charge is -2.12.